The molecule has 1 atom stereocenters. The number of halogens is 1. The lowest BCUT2D eigenvalue weighted by atomic mass is 10.1. The Bertz CT molecular complexity index is 1210. The first-order valence-electron chi connectivity index (χ1n) is 10.5. The Morgan fingerprint density at radius 2 is 1.79 bits per heavy atom. The van der Waals surface area contributed by atoms with Gasteiger partial charge < -0.3 is 9.47 Å². The quantitative estimate of drug-likeness (QED) is 0.276. The zero-order valence-corrected chi connectivity index (χ0v) is 19.8. The van der Waals surface area contributed by atoms with Crippen LogP contribution >= 0.6 is 24.0 Å². The van der Waals surface area contributed by atoms with Gasteiger partial charge in [0.2, 0.25) is 0 Å². The van der Waals surface area contributed by atoms with Gasteiger partial charge in [-0.15, -0.1) is 0 Å². The summed E-state index contributed by atoms with van der Waals surface area (Å²) in [5.41, 5.74) is 1.96. The van der Waals surface area contributed by atoms with E-state index in [1.54, 1.807) is 18.2 Å². The smallest absolute Gasteiger partial charge is 0.270 e. The van der Waals surface area contributed by atoms with Gasteiger partial charge in [-0.2, -0.15) is 0 Å². The fourth-order valence-electron chi connectivity index (χ4n) is 3.42. The molecule has 0 saturated carbocycles. The third-order valence-corrected chi connectivity index (χ3v) is 6.33. The molecule has 4 rings (SSSR count). The van der Waals surface area contributed by atoms with Gasteiger partial charge >= 0.3 is 0 Å². The third-order valence-electron chi connectivity index (χ3n) is 5.03. The Hall–Kier alpha value is -3.16. The van der Waals surface area contributed by atoms with E-state index in [-0.39, 0.29) is 22.0 Å². The summed E-state index contributed by atoms with van der Waals surface area (Å²) in [5, 5.41) is 0. The number of amides is 1. The van der Waals surface area contributed by atoms with Gasteiger partial charge in [0.15, 0.2) is 15.8 Å². The molecule has 0 aromatic heterocycles. The molecule has 1 heterocycles. The second kappa shape index (κ2) is 10.2. The van der Waals surface area contributed by atoms with Gasteiger partial charge in [-0.25, -0.2) is 4.39 Å². The molecule has 1 fully saturated rings. The van der Waals surface area contributed by atoms with Crippen LogP contribution in [-0.4, -0.2) is 16.8 Å². The Balaban J connectivity index is 1.59. The lowest BCUT2D eigenvalue weighted by Crippen LogP contribution is -2.28. The molecule has 0 radical (unpaired) electrons. The number of hydrogen-bond acceptors (Lipinski definition) is 5. The molecule has 0 unspecified atom stereocenters. The van der Waals surface area contributed by atoms with Gasteiger partial charge in [-0.1, -0.05) is 72.5 Å². The molecule has 1 aliphatic heterocycles. The van der Waals surface area contributed by atoms with Gasteiger partial charge in [-0.3, -0.25) is 9.69 Å². The first kappa shape index (κ1) is 23.0. The Morgan fingerprint density at radius 3 is 2.52 bits per heavy atom. The molecule has 1 saturated heterocycles. The number of benzene rings is 3. The second-order valence-corrected chi connectivity index (χ2v) is 8.95. The van der Waals surface area contributed by atoms with Crippen LogP contribution in [0.2, 0.25) is 0 Å². The van der Waals surface area contributed by atoms with Crippen molar-refractivity contribution in [2.75, 3.05) is 11.5 Å². The summed E-state index contributed by atoms with van der Waals surface area (Å²) in [5.74, 6) is 0.344. The first-order valence-corrected chi connectivity index (χ1v) is 11.7. The van der Waals surface area contributed by atoms with Crippen molar-refractivity contribution in [1.82, 2.24) is 0 Å². The number of carbonyl (C=O) groups is 1. The molecule has 33 heavy (non-hydrogen) atoms. The van der Waals surface area contributed by atoms with Crippen molar-refractivity contribution in [2.45, 2.75) is 20.0 Å². The molecule has 1 aliphatic rings. The highest BCUT2D eigenvalue weighted by Crippen LogP contribution is 2.38. The predicted octanol–water partition coefficient (Wildman–Crippen LogP) is 6.77. The summed E-state index contributed by atoms with van der Waals surface area (Å²) in [4.78, 5) is 14.6. The van der Waals surface area contributed by atoms with E-state index in [4.69, 9.17) is 21.7 Å². The molecule has 168 valence electrons. The monoisotopic (exact) mass is 479 g/mol. The highest BCUT2D eigenvalue weighted by Gasteiger charge is 2.34. The van der Waals surface area contributed by atoms with E-state index in [9.17, 15) is 9.18 Å². The first-order chi connectivity index (χ1) is 16.0. The molecular weight excluding hydrogens is 457 g/mol. The minimum atomic E-state index is -0.497. The Labute approximate surface area is 202 Å². The maximum absolute atomic E-state index is 14.2. The standard InChI is InChI=1S/C26H22FNO3S2/c1-3-30-23-15-18(13-14-22(23)31-17(2)19-9-5-4-6-10-19)16-24-25(29)28(26(32)33-24)21-12-8-7-11-20(21)27/h4-17H,3H2,1-2H3/b24-16+/t17-/m0/s1. The fraction of sp³-hybridized carbons (Fsp3) is 0.154. The van der Waals surface area contributed by atoms with E-state index >= 15 is 0 Å². The summed E-state index contributed by atoms with van der Waals surface area (Å²) >= 11 is 6.49. The number of carbonyl (C=O) groups excluding carboxylic acids is 1. The van der Waals surface area contributed by atoms with Crippen LogP contribution in [0.1, 0.15) is 31.1 Å². The lowest BCUT2D eigenvalue weighted by molar-refractivity contribution is -0.113. The number of thiocarbonyl (C=S) groups is 1. The molecule has 3 aromatic carbocycles. The number of ether oxygens (including phenoxy) is 2. The van der Waals surface area contributed by atoms with Gasteiger partial charge in [0.05, 0.1) is 17.2 Å². The van der Waals surface area contributed by atoms with Crippen molar-refractivity contribution in [3.05, 3.63) is 94.6 Å². The molecule has 0 spiro atoms. The average Bonchev–Trinajstić information content (AvgIpc) is 3.09. The van der Waals surface area contributed by atoms with E-state index in [0.717, 1.165) is 22.9 Å². The normalized spacial score (nSPS) is 15.7. The number of hydrogen-bond donors (Lipinski definition) is 0. The minimum Gasteiger partial charge on any atom is -0.490 e. The van der Waals surface area contributed by atoms with Gasteiger partial charge in [-0.05, 0) is 55.3 Å². The van der Waals surface area contributed by atoms with Crippen molar-refractivity contribution >= 4 is 46.0 Å². The van der Waals surface area contributed by atoms with Crippen LogP contribution < -0.4 is 14.4 Å². The SMILES string of the molecule is CCOc1cc(/C=C2/SC(=S)N(c3ccccc3F)C2=O)ccc1O[C@@H](C)c1ccccc1. The molecular formula is C26H22FNO3S2. The zero-order chi connectivity index (χ0) is 23.4. The molecule has 0 N–H and O–H groups in total. The molecule has 4 nitrogen and oxygen atoms in total. The number of nitrogens with zero attached hydrogens (tertiary/aromatic N) is 1. The molecule has 3 aromatic rings. The summed E-state index contributed by atoms with van der Waals surface area (Å²) in [7, 11) is 0. The third kappa shape index (κ3) is 5.10. The van der Waals surface area contributed by atoms with Gasteiger partial charge in [0, 0.05) is 0 Å². The van der Waals surface area contributed by atoms with E-state index in [2.05, 4.69) is 0 Å². The fourth-order valence-corrected chi connectivity index (χ4v) is 4.71. The predicted molar refractivity (Wildman–Crippen MR) is 135 cm³/mol. The van der Waals surface area contributed by atoms with Gasteiger partial charge in [0.1, 0.15) is 11.9 Å². The van der Waals surface area contributed by atoms with E-state index in [1.165, 1.54) is 17.0 Å². The van der Waals surface area contributed by atoms with Gasteiger partial charge in [0.25, 0.3) is 5.91 Å². The maximum Gasteiger partial charge on any atom is 0.270 e. The molecule has 7 heteroatoms. The summed E-state index contributed by atoms with van der Waals surface area (Å²) in [6.07, 6.45) is 1.57. The molecule has 0 aliphatic carbocycles. The highest BCUT2D eigenvalue weighted by molar-refractivity contribution is 8.27. The van der Waals surface area contributed by atoms with Crippen molar-refractivity contribution < 1.29 is 18.7 Å². The van der Waals surface area contributed by atoms with E-state index in [1.807, 2.05) is 62.4 Å². The topological polar surface area (TPSA) is 38.8 Å². The minimum absolute atomic E-state index is 0.150. The van der Waals surface area contributed by atoms with E-state index < -0.39 is 5.82 Å². The van der Waals surface area contributed by atoms with Crippen LogP contribution in [0.3, 0.4) is 0 Å². The van der Waals surface area contributed by atoms with Crippen LogP contribution in [0, 0.1) is 5.82 Å². The number of anilines is 1. The van der Waals surface area contributed by atoms with Crippen LogP contribution in [-0.2, 0) is 4.79 Å². The molecule has 1 amide bonds. The van der Waals surface area contributed by atoms with Crippen LogP contribution in [0.5, 0.6) is 11.5 Å². The van der Waals surface area contributed by atoms with Crippen molar-refractivity contribution in [2.24, 2.45) is 0 Å². The van der Waals surface area contributed by atoms with Crippen LogP contribution in [0.15, 0.2) is 77.7 Å². The summed E-state index contributed by atoms with van der Waals surface area (Å²) in [6.45, 7) is 4.35. The summed E-state index contributed by atoms with van der Waals surface area (Å²) < 4.78 is 26.5. The van der Waals surface area contributed by atoms with Crippen molar-refractivity contribution in [3.63, 3.8) is 0 Å². The Morgan fingerprint density at radius 1 is 1.06 bits per heavy atom. The second-order valence-electron chi connectivity index (χ2n) is 7.28. The van der Waals surface area contributed by atoms with Crippen molar-refractivity contribution in [1.29, 1.82) is 0 Å². The molecule has 0 bridgehead atoms. The summed E-state index contributed by atoms with van der Waals surface area (Å²) in [6, 6.07) is 21.5. The maximum atomic E-state index is 14.2. The van der Waals surface area contributed by atoms with Crippen molar-refractivity contribution in [3.8, 4) is 11.5 Å². The number of para-hydroxylation sites is 1. The average molecular weight is 480 g/mol. The van der Waals surface area contributed by atoms with E-state index in [0.29, 0.717) is 23.0 Å². The number of thioether (sulfide) groups is 1. The van der Waals surface area contributed by atoms with Crippen LogP contribution in [0.25, 0.3) is 6.08 Å². The largest absolute Gasteiger partial charge is 0.490 e. The highest BCUT2D eigenvalue weighted by atomic mass is 32.2. The number of rotatable bonds is 7. The van der Waals surface area contributed by atoms with Crippen LogP contribution in [0.4, 0.5) is 10.1 Å². The Kier molecular flexibility index (Phi) is 7.11. The lowest BCUT2D eigenvalue weighted by Gasteiger charge is -2.18. The zero-order valence-electron chi connectivity index (χ0n) is 18.2.